The summed E-state index contributed by atoms with van der Waals surface area (Å²) in [6.07, 6.45) is 10.2. The van der Waals surface area contributed by atoms with E-state index >= 15 is 0 Å². The van der Waals surface area contributed by atoms with Gasteiger partial charge in [-0.1, -0.05) is 25.5 Å². The van der Waals surface area contributed by atoms with Crippen molar-refractivity contribution in [2.75, 3.05) is 26.9 Å². The van der Waals surface area contributed by atoms with Crippen LogP contribution in [-0.4, -0.2) is 49.3 Å². The second-order valence-corrected chi connectivity index (χ2v) is 10.4. The fraction of sp³-hybridized carbons (Fsp3) is 0.630. The van der Waals surface area contributed by atoms with E-state index in [4.69, 9.17) is 14.6 Å². The standard InChI is InChI=1S/C25H32FNO2.CH3F.CH2O2/c1-16-6-8-27(14-16)24(28)21-10-20(19-3-4-19)23(11-22(21)26)29-15-25-7-5-18(13-25)9-17(2)12-25;1-2;2-1-3/h5,10-11,16-17,19H,3-4,6-9,12-15H2,1-2H3;1H3;1H,(H,2,3). The number of fused-ring (bicyclic) bond motifs is 2. The van der Waals surface area contributed by atoms with Crippen LogP contribution >= 0.6 is 0 Å². The number of amides is 1. The minimum absolute atomic E-state index is 0.162. The molecule has 7 heteroatoms. The molecule has 1 heterocycles. The molecule has 3 atom stereocenters. The number of halogens is 2. The Bertz CT molecular complexity index is 914. The van der Waals surface area contributed by atoms with Gasteiger partial charge in [-0.3, -0.25) is 14.0 Å². The van der Waals surface area contributed by atoms with E-state index in [2.05, 4.69) is 19.9 Å². The van der Waals surface area contributed by atoms with Gasteiger partial charge in [0.2, 0.25) is 0 Å². The van der Waals surface area contributed by atoms with Gasteiger partial charge < -0.3 is 14.7 Å². The molecule has 1 saturated heterocycles. The van der Waals surface area contributed by atoms with Gasteiger partial charge in [-0.25, -0.2) is 4.39 Å². The predicted octanol–water partition coefficient (Wildman–Crippen LogP) is 5.99. The largest absolute Gasteiger partial charge is 0.493 e. The summed E-state index contributed by atoms with van der Waals surface area (Å²) in [5, 5.41) is 6.89. The van der Waals surface area contributed by atoms with Gasteiger partial charge in [0.15, 0.2) is 0 Å². The quantitative estimate of drug-likeness (QED) is 0.418. The zero-order valence-electron chi connectivity index (χ0n) is 20.5. The summed E-state index contributed by atoms with van der Waals surface area (Å²) in [6.45, 7) is 6.32. The van der Waals surface area contributed by atoms with Crippen molar-refractivity contribution >= 4 is 12.4 Å². The van der Waals surface area contributed by atoms with E-state index in [1.807, 2.05) is 0 Å². The van der Waals surface area contributed by atoms with E-state index in [9.17, 15) is 13.6 Å². The normalized spacial score (nSPS) is 27.1. The molecule has 2 bridgehead atoms. The molecule has 5 rings (SSSR count). The lowest BCUT2D eigenvalue weighted by molar-refractivity contribution is -0.122. The van der Waals surface area contributed by atoms with E-state index in [1.165, 1.54) is 18.9 Å². The lowest BCUT2D eigenvalue weighted by atomic mass is 9.72. The third kappa shape index (κ3) is 5.97. The van der Waals surface area contributed by atoms with Crippen molar-refractivity contribution in [3.05, 3.63) is 40.7 Å². The Morgan fingerprint density at radius 1 is 1.24 bits per heavy atom. The molecule has 2 saturated carbocycles. The van der Waals surface area contributed by atoms with Gasteiger partial charge in [0, 0.05) is 24.6 Å². The second kappa shape index (κ2) is 11.3. The number of allylic oxidation sites excluding steroid dienone is 2. The van der Waals surface area contributed by atoms with Gasteiger partial charge in [0.1, 0.15) is 11.6 Å². The lowest BCUT2D eigenvalue weighted by Crippen LogP contribution is -2.31. The zero-order chi connectivity index (χ0) is 24.9. The minimum Gasteiger partial charge on any atom is -0.493 e. The van der Waals surface area contributed by atoms with Gasteiger partial charge in [0.05, 0.1) is 19.3 Å². The Labute approximate surface area is 201 Å². The lowest BCUT2D eigenvalue weighted by Gasteiger charge is -2.36. The van der Waals surface area contributed by atoms with Crippen LogP contribution in [-0.2, 0) is 4.79 Å². The highest BCUT2D eigenvalue weighted by molar-refractivity contribution is 5.95. The molecule has 1 aliphatic heterocycles. The molecule has 4 aliphatic rings. The van der Waals surface area contributed by atoms with Gasteiger partial charge >= 0.3 is 0 Å². The molecule has 0 radical (unpaired) electrons. The Balaban J connectivity index is 0.000000603. The first-order valence-electron chi connectivity index (χ1n) is 12.2. The van der Waals surface area contributed by atoms with Gasteiger partial charge in [-0.15, -0.1) is 0 Å². The van der Waals surface area contributed by atoms with E-state index in [0.717, 1.165) is 50.8 Å². The summed E-state index contributed by atoms with van der Waals surface area (Å²) >= 11 is 0. The summed E-state index contributed by atoms with van der Waals surface area (Å²) in [7, 11) is 0.500. The van der Waals surface area contributed by atoms with Crippen LogP contribution in [0.5, 0.6) is 5.75 Å². The maximum absolute atomic E-state index is 15.0. The van der Waals surface area contributed by atoms with Crippen LogP contribution in [0.1, 0.15) is 80.6 Å². The summed E-state index contributed by atoms with van der Waals surface area (Å²) in [5.74, 6) is 1.67. The van der Waals surface area contributed by atoms with Crippen molar-refractivity contribution < 1.29 is 28.2 Å². The molecule has 1 N–H and O–H groups in total. The molecule has 3 fully saturated rings. The number of benzene rings is 1. The fourth-order valence-corrected chi connectivity index (χ4v) is 5.82. The number of nitrogens with zero attached hydrogens (tertiary/aromatic N) is 1. The highest BCUT2D eigenvalue weighted by Crippen LogP contribution is 2.51. The Morgan fingerprint density at radius 3 is 2.56 bits per heavy atom. The number of rotatable bonds is 5. The maximum Gasteiger partial charge on any atom is 0.290 e. The Hall–Kier alpha value is -2.44. The number of carbonyl (C=O) groups is 2. The third-order valence-electron chi connectivity index (χ3n) is 7.41. The van der Waals surface area contributed by atoms with Gasteiger partial charge in [-0.2, -0.15) is 0 Å². The molecule has 3 unspecified atom stereocenters. The number of ether oxygens (including phenoxy) is 1. The van der Waals surface area contributed by atoms with Gasteiger partial charge in [-0.05, 0) is 74.3 Å². The number of carbonyl (C=O) groups excluding carboxylic acids is 1. The molecule has 1 aromatic rings. The zero-order valence-corrected chi connectivity index (χ0v) is 20.5. The summed E-state index contributed by atoms with van der Waals surface area (Å²) < 4.78 is 30.8. The van der Waals surface area contributed by atoms with Crippen LogP contribution in [0.15, 0.2) is 23.8 Å². The van der Waals surface area contributed by atoms with Crippen LogP contribution in [0.2, 0.25) is 0 Å². The first-order valence-corrected chi connectivity index (χ1v) is 12.2. The topological polar surface area (TPSA) is 66.8 Å². The van der Waals surface area contributed by atoms with Crippen molar-refractivity contribution in [1.82, 2.24) is 4.90 Å². The van der Waals surface area contributed by atoms with Crippen molar-refractivity contribution in [2.45, 2.75) is 64.7 Å². The fourth-order valence-electron chi connectivity index (χ4n) is 5.82. The predicted molar refractivity (Wildman–Crippen MR) is 127 cm³/mol. The number of hydrogen-bond donors (Lipinski definition) is 1. The average Bonchev–Trinajstić information content (AvgIpc) is 3.49. The Morgan fingerprint density at radius 2 is 1.94 bits per heavy atom. The monoisotopic (exact) mass is 477 g/mol. The molecule has 0 aromatic heterocycles. The summed E-state index contributed by atoms with van der Waals surface area (Å²) in [5.41, 5.74) is 3.02. The molecule has 34 heavy (non-hydrogen) atoms. The molecular weight excluding hydrogens is 440 g/mol. The van der Waals surface area contributed by atoms with E-state index in [1.54, 1.807) is 16.5 Å². The van der Waals surface area contributed by atoms with Crippen LogP contribution < -0.4 is 4.74 Å². The molecule has 3 aliphatic carbocycles. The highest BCUT2D eigenvalue weighted by atomic mass is 19.1. The van der Waals surface area contributed by atoms with Crippen molar-refractivity contribution in [3.8, 4) is 5.75 Å². The molecular formula is C27H37F2NO4. The highest BCUT2D eigenvalue weighted by Gasteiger charge is 2.41. The van der Waals surface area contributed by atoms with E-state index < -0.39 is 5.82 Å². The van der Waals surface area contributed by atoms with Crippen molar-refractivity contribution in [3.63, 3.8) is 0 Å². The van der Waals surface area contributed by atoms with E-state index in [0.29, 0.717) is 37.3 Å². The molecule has 188 valence electrons. The SMILES string of the molecule is CC1CCN(C(=O)c2cc(C3CC3)c(OCC34CC=C(CC(C)C3)C4)cc2F)C1.CF.O=CO. The summed E-state index contributed by atoms with van der Waals surface area (Å²) in [6, 6.07) is 3.29. The summed E-state index contributed by atoms with van der Waals surface area (Å²) in [4.78, 5) is 23.1. The number of alkyl halides is 1. The van der Waals surface area contributed by atoms with Crippen molar-refractivity contribution in [1.29, 1.82) is 0 Å². The molecule has 1 amide bonds. The number of carboxylic acid groups (broad SMARTS) is 1. The van der Waals surface area contributed by atoms with Crippen molar-refractivity contribution in [2.24, 2.45) is 17.3 Å². The Kier molecular flexibility index (Phi) is 8.72. The second-order valence-electron chi connectivity index (χ2n) is 10.4. The van der Waals surface area contributed by atoms with Crippen LogP contribution in [0.3, 0.4) is 0 Å². The molecule has 0 spiro atoms. The maximum atomic E-state index is 15.0. The van der Waals surface area contributed by atoms with Crippen LogP contribution in [0.4, 0.5) is 8.78 Å². The first-order chi connectivity index (χ1) is 16.3. The minimum atomic E-state index is -0.436. The molecule has 5 nitrogen and oxygen atoms in total. The smallest absolute Gasteiger partial charge is 0.290 e. The number of hydrogen-bond acceptors (Lipinski definition) is 3. The molecule has 1 aromatic carbocycles. The van der Waals surface area contributed by atoms with Crippen LogP contribution in [0.25, 0.3) is 0 Å². The third-order valence-corrected chi connectivity index (χ3v) is 7.41. The van der Waals surface area contributed by atoms with Crippen LogP contribution in [0, 0.1) is 23.1 Å². The average molecular weight is 478 g/mol. The van der Waals surface area contributed by atoms with E-state index in [-0.39, 0.29) is 23.4 Å². The first kappa shape index (κ1) is 26.2. The number of likely N-dealkylation sites (tertiary alicyclic amines) is 1. The van der Waals surface area contributed by atoms with Gasteiger partial charge in [0.25, 0.3) is 12.4 Å².